The molecule has 0 radical (unpaired) electrons. The summed E-state index contributed by atoms with van der Waals surface area (Å²) >= 11 is 0. The van der Waals surface area contributed by atoms with Gasteiger partial charge in [-0.3, -0.25) is 14.7 Å². The molecular weight excluding hydrogens is 395 g/mol. The second kappa shape index (κ2) is 9.61. The Bertz CT molecular complexity index is 1020. The lowest BCUT2D eigenvalue weighted by molar-refractivity contribution is -0.117. The summed E-state index contributed by atoms with van der Waals surface area (Å²) in [7, 11) is 0. The van der Waals surface area contributed by atoms with Gasteiger partial charge in [-0.15, -0.1) is 0 Å². The van der Waals surface area contributed by atoms with Crippen LogP contribution >= 0.6 is 0 Å². The van der Waals surface area contributed by atoms with Gasteiger partial charge in [0.25, 0.3) is 0 Å². The summed E-state index contributed by atoms with van der Waals surface area (Å²) in [4.78, 5) is 27.6. The number of likely N-dealkylation sites (tertiary alicyclic amines) is 1. The fourth-order valence-corrected chi connectivity index (χ4v) is 3.79. The van der Waals surface area contributed by atoms with E-state index < -0.39 is 0 Å². The average Bonchev–Trinajstić information content (AvgIpc) is 2.76. The first-order chi connectivity index (χ1) is 15.0. The van der Waals surface area contributed by atoms with Crippen LogP contribution < -0.4 is 10.6 Å². The zero-order valence-electron chi connectivity index (χ0n) is 17.4. The molecule has 1 aliphatic rings. The van der Waals surface area contributed by atoms with Gasteiger partial charge < -0.3 is 10.6 Å². The predicted molar refractivity (Wildman–Crippen MR) is 118 cm³/mol. The Morgan fingerprint density at radius 1 is 1.10 bits per heavy atom. The van der Waals surface area contributed by atoms with Crippen molar-refractivity contribution in [2.45, 2.75) is 25.7 Å². The topological polar surface area (TPSA) is 83.0 Å². The van der Waals surface area contributed by atoms with Gasteiger partial charge in [-0.1, -0.05) is 0 Å². The number of hydrogen-bond donors (Lipinski definition) is 2. The third kappa shape index (κ3) is 5.82. The van der Waals surface area contributed by atoms with Gasteiger partial charge in [0, 0.05) is 41.1 Å². The van der Waals surface area contributed by atoms with Crippen LogP contribution in [0.3, 0.4) is 0 Å². The molecule has 3 aromatic rings. The number of nitrogens with one attached hydrogen (secondary N) is 2. The summed E-state index contributed by atoms with van der Waals surface area (Å²) in [5.41, 5.74) is 3.52. The molecule has 2 N–H and O–H groups in total. The van der Waals surface area contributed by atoms with Crippen molar-refractivity contribution in [3.05, 3.63) is 72.1 Å². The number of amides is 1. The van der Waals surface area contributed by atoms with Crippen LogP contribution in [0.5, 0.6) is 0 Å². The van der Waals surface area contributed by atoms with Gasteiger partial charge in [0.05, 0.1) is 6.54 Å². The molecule has 8 heteroatoms. The Hall–Kier alpha value is -3.39. The number of anilines is 3. The van der Waals surface area contributed by atoms with Crippen molar-refractivity contribution in [2.24, 2.45) is 0 Å². The quantitative estimate of drug-likeness (QED) is 0.630. The van der Waals surface area contributed by atoms with E-state index in [2.05, 4.69) is 31.6 Å². The molecule has 0 spiro atoms. The van der Waals surface area contributed by atoms with E-state index in [0.717, 1.165) is 43.0 Å². The highest BCUT2D eigenvalue weighted by Gasteiger charge is 2.23. The minimum atomic E-state index is -0.320. The number of pyridine rings is 1. The third-order valence-electron chi connectivity index (χ3n) is 5.30. The molecule has 0 unspecified atom stereocenters. The zero-order chi connectivity index (χ0) is 21.6. The summed E-state index contributed by atoms with van der Waals surface area (Å²) in [6.07, 6.45) is 5.27. The second-order valence-electron chi connectivity index (χ2n) is 7.72. The van der Waals surface area contributed by atoms with E-state index in [-0.39, 0.29) is 11.7 Å². The summed E-state index contributed by atoms with van der Waals surface area (Å²) in [6.45, 7) is 3.95. The summed E-state index contributed by atoms with van der Waals surface area (Å²) in [6, 6.07) is 11.6. The highest BCUT2D eigenvalue weighted by molar-refractivity contribution is 5.92. The van der Waals surface area contributed by atoms with E-state index in [4.69, 9.17) is 4.98 Å². The number of benzene rings is 1. The Labute approximate surface area is 180 Å². The van der Waals surface area contributed by atoms with Crippen molar-refractivity contribution < 1.29 is 9.18 Å². The van der Waals surface area contributed by atoms with Gasteiger partial charge in [-0.05, 0) is 75.3 Å². The molecule has 0 saturated carbocycles. The van der Waals surface area contributed by atoms with Gasteiger partial charge in [-0.2, -0.15) is 0 Å². The number of rotatable bonds is 6. The van der Waals surface area contributed by atoms with E-state index in [9.17, 15) is 9.18 Å². The van der Waals surface area contributed by atoms with E-state index in [0.29, 0.717) is 24.1 Å². The van der Waals surface area contributed by atoms with Crippen molar-refractivity contribution >= 4 is 23.2 Å². The van der Waals surface area contributed by atoms with Gasteiger partial charge in [-0.25, -0.2) is 14.4 Å². The van der Waals surface area contributed by atoms with E-state index >= 15 is 0 Å². The van der Waals surface area contributed by atoms with Gasteiger partial charge in [0.15, 0.2) is 0 Å². The molecule has 1 saturated heterocycles. The highest BCUT2D eigenvalue weighted by Crippen LogP contribution is 2.29. The normalized spacial score (nSPS) is 14.9. The van der Waals surface area contributed by atoms with Crippen molar-refractivity contribution in [3.8, 4) is 0 Å². The molecule has 1 aliphatic heterocycles. The molecule has 1 fully saturated rings. The Morgan fingerprint density at radius 3 is 2.52 bits per heavy atom. The van der Waals surface area contributed by atoms with Crippen molar-refractivity contribution in [3.63, 3.8) is 0 Å². The average molecular weight is 420 g/mol. The minimum absolute atomic E-state index is 0.0897. The van der Waals surface area contributed by atoms with Crippen molar-refractivity contribution in [2.75, 3.05) is 30.3 Å². The van der Waals surface area contributed by atoms with Crippen LogP contribution in [-0.2, 0) is 4.79 Å². The number of aromatic nitrogens is 3. The van der Waals surface area contributed by atoms with Crippen LogP contribution in [0.25, 0.3) is 0 Å². The number of carbonyl (C=O) groups excluding carboxylic acids is 1. The molecule has 2 aromatic heterocycles. The SMILES string of the molecule is Cc1cc(Nc2ncccn2)cc(C2CCN(CC(=O)Nc3ccc(F)cc3)CC2)n1. The lowest BCUT2D eigenvalue weighted by Gasteiger charge is -2.31. The van der Waals surface area contributed by atoms with Crippen LogP contribution in [0.15, 0.2) is 54.9 Å². The highest BCUT2D eigenvalue weighted by atomic mass is 19.1. The summed E-state index contributed by atoms with van der Waals surface area (Å²) < 4.78 is 13.0. The molecule has 0 atom stereocenters. The Kier molecular flexibility index (Phi) is 6.47. The second-order valence-corrected chi connectivity index (χ2v) is 7.72. The van der Waals surface area contributed by atoms with Crippen LogP contribution in [0, 0.1) is 12.7 Å². The van der Waals surface area contributed by atoms with Crippen molar-refractivity contribution in [1.82, 2.24) is 19.9 Å². The number of aryl methyl sites for hydroxylation is 1. The van der Waals surface area contributed by atoms with Gasteiger partial charge >= 0.3 is 0 Å². The fraction of sp³-hybridized carbons (Fsp3) is 0.304. The van der Waals surface area contributed by atoms with Gasteiger partial charge in [0.1, 0.15) is 5.82 Å². The smallest absolute Gasteiger partial charge is 0.238 e. The number of carbonyl (C=O) groups is 1. The Morgan fingerprint density at radius 2 is 1.81 bits per heavy atom. The molecule has 7 nitrogen and oxygen atoms in total. The molecular formula is C23H25FN6O. The maximum atomic E-state index is 13.0. The van der Waals surface area contributed by atoms with Crippen LogP contribution in [0.1, 0.15) is 30.1 Å². The molecule has 160 valence electrons. The molecule has 0 bridgehead atoms. The first-order valence-electron chi connectivity index (χ1n) is 10.4. The van der Waals surface area contributed by atoms with E-state index in [1.54, 1.807) is 30.6 Å². The maximum absolute atomic E-state index is 13.0. The lowest BCUT2D eigenvalue weighted by Crippen LogP contribution is -2.38. The standard InChI is InChI=1S/C23H25FN6O/c1-16-13-20(29-23-25-9-2-10-26-23)14-21(27-16)17-7-11-30(12-8-17)15-22(31)28-19-5-3-18(24)4-6-19/h2-6,9-10,13-14,17H,7-8,11-12,15H2,1H3,(H,28,31)(H,25,26,27,29). The zero-order valence-corrected chi connectivity index (χ0v) is 17.4. The fourth-order valence-electron chi connectivity index (χ4n) is 3.79. The molecule has 1 aromatic carbocycles. The Balaban J connectivity index is 1.32. The molecule has 3 heterocycles. The maximum Gasteiger partial charge on any atom is 0.238 e. The number of hydrogen-bond acceptors (Lipinski definition) is 6. The number of nitrogens with zero attached hydrogens (tertiary/aromatic N) is 4. The molecule has 0 aliphatic carbocycles. The first-order valence-corrected chi connectivity index (χ1v) is 10.4. The summed E-state index contributed by atoms with van der Waals surface area (Å²) in [5.74, 6) is 0.488. The minimum Gasteiger partial charge on any atom is -0.325 e. The molecule has 1 amide bonds. The molecule has 31 heavy (non-hydrogen) atoms. The van der Waals surface area contributed by atoms with E-state index in [1.807, 2.05) is 13.0 Å². The van der Waals surface area contributed by atoms with E-state index in [1.165, 1.54) is 12.1 Å². The van der Waals surface area contributed by atoms with Gasteiger partial charge in [0.2, 0.25) is 11.9 Å². The number of halogens is 1. The monoisotopic (exact) mass is 420 g/mol. The summed E-state index contributed by atoms with van der Waals surface area (Å²) in [5, 5.41) is 6.05. The van der Waals surface area contributed by atoms with Crippen LogP contribution in [0.2, 0.25) is 0 Å². The van der Waals surface area contributed by atoms with Crippen LogP contribution in [-0.4, -0.2) is 45.4 Å². The van der Waals surface area contributed by atoms with Crippen molar-refractivity contribution in [1.29, 1.82) is 0 Å². The predicted octanol–water partition coefficient (Wildman–Crippen LogP) is 3.88. The number of piperidine rings is 1. The first kappa shape index (κ1) is 20.9. The largest absolute Gasteiger partial charge is 0.325 e. The lowest BCUT2D eigenvalue weighted by atomic mass is 9.92. The third-order valence-corrected chi connectivity index (χ3v) is 5.30. The van der Waals surface area contributed by atoms with Crippen LogP contribution in [0.4, 0.5) is 21.7 Å². The molecule has 4 rings (SSSR count).